The van der Waals surface area contributed by atoms with Crippen LogP contribution in [0.3, 0.4) is 0 Å². The Morgan fingerprint density at radius 2 is 1.48 bits per heavy atom. The summed E-state index contributed by atoms with van der Waals surface area (Å²) in [5.74, 6) is 1.02. The number of ether oxygens (including phenoxy) is 1. The van der Waals surface area contributed by atoms with Gasteiger partial charge in [0.15, 0.2) is 0 Å². The molecular weight excluding hydrogens is 414 g/mol. The molecule has 0 aliphatic heterocycles. The number of carbonyl (C=O) groups excluding carboxylic acids is 1. The average Bonchev–Trinajstić information content (AvgIpc) is 3.34. The SMILES string of the molecule is CCOC(=O)c1ccc(NC(c2ccc(-c3nnc(-c4ccccc4)o3)cc2)C(C)C)cc1. The molecule has 0 amide bonds. The van der Waals surface area contributed by atoms with Gasteiger partial charge in [0.2, 0.25) is 11.8 Å². The fourth-order valence-electron chi connectivity index (χ4n) is 3.60. The summed E-state index contributed by atoms with van der Waals surface area (Å²) in [7, 11) is 0. The molecule has 33 heavy (non-hydrogen) atoms. The van der Waals surface area contributed by atoms with Gasteiger partial charge in [0.1, 0.15) is 0 Å². The van der Waals surface area contributed by atoms with E-state index in [1.54, 1.807) is 19.1 Å². The molecule has 0 saturated carbocycles. The van der Waals surface area contributed by atoms with E-state index in [0.29, 0.717) is 29.9 Å². The Balaban J connectivity index is 1.49. The molecule has 1 heterocycles. The first-order chi connectivity index (χ1) is 16.0. The zero-order chi connectivity index (χ0) is 23.2. The van der Waals surface area contributed by atoms with Crippen molar-refractivity contribution in [2.45, 2.75) is 26.8 Å². The molecule has 1 unspecified atom stereocenters. The highest BCUT2D eigenvalue weighted by atomic mass is 16.5. The molecule has 4 rings (SSSR count). The standard InChI is InChI=1S/C27H27N3O3/c1-4-32-27(31)22-14-16-23(17-15-22)28-24(18(2)3)19-10-12-21(13-11-19)26-30-29-25(33-26)20-8-6-5-7-9-20/h5-18,24,28H,4H2,1-3H3. The third-order valence-electron chi connectivity index (χ3n) is 5.35. The monoisotopic (exact) mass is 441 g/mol. The Morgan fingerprint density at radius 1 is 0.879 bits per heavy atom. The maximum atomic E-state index is 11.9. The van der Waals surface area contributed by atoms with E-state index in [-0.39, 0.29) is 12.0 Å². The Kier molecular flexibility index (Phi) is 6.83. The van der Waals surface area contributed by atoms with Gasteiger partial charge in [-0.1, -0.05) is 44.2 Å². The van der Waals surface area contributed by atoms with E-state index in [1.807, 2.05) is 54.6 Å². The van der Waals surface area contributed by atoms with Gasteiger partial charge in [-0.3, -0.25) is 0 Å². The van der Waals surface area contributed by atoms with Crippen LogP contribution in [0.25, 0.3) is 22.9 Å². The quantitative estimate of drug-likeness (QED) is 0.319. The van der Waals surface area contributed by atoms with Crippen LogP contribution in [0.4, 0.5) is 5.69 Å². The lowest BCUT2D eigenvalue weighted by molar-refractivity contribution is 0.0526. The van der Waals surface area contributed by atoms with Gasteiger partial charge >= 0.3 is 5.97 Å². The lowest BCUT2D eigenvalue weighted by atomic mass is 9.94. The van der Waals surface area contributed by atoms with E-state index in [9.17, 15) is 4.79 Å². The van der Waals surface area contributed by atoms with Gasteiger partial charge in [-0.05, 0) is 66.9 Å². The van der Waals surface area contributed by atoms with Crippen LogP contribution in [0.5, 0.6) is 0 Å². The first-order valence-corrected chi connectivity index (χ1v) is 11.1. The van der Waals surface area contributed by atoms with Crippen molar-refractivity contribution in [1.29, 1.82) is 0 Å². The third kappa shape index (κ3) is 5.29. The molecule has 0 aliphatic rings. The van der Waals surface area contributed by atoms with Gasteiger partial charge in [0, 0.05) is 16.8 Å². The molecule has 6 nitrogen and oxygen atoms in total. The molecule has 3 aromatic carbocycles. The molecule has 4 aromatic rings. The van der Waals surface area contributed by atoms with Crippen LogP contribution in [-0.4, -0.2) is 22.8 Å². The van der Waals surface area contributed by atoms with Crippen molar-refractivity contribution < 1.29 is 13.9 Å². The van der Waals surface area contributed by atoms with Gasteiger partial charge in [-0.25, -0.2) is 4.79 Å². The van der Waals surface area contributed by atoms with Gasteiger partial charge in [-0.2, -0.15) is 0 Å². The van der Waals surface area contributed by atoms with Gasteiger partial charge in [0.25, 0.3) is 0 Å². The second kappa shape index (κ2) is 10.1. The van der Waals surface area contributed by atoms with E-state index in [1.165, 1.54) is 0 Å². The maximum absolute atomic E-state index is 11.9. The van der Waals surface area contributed by atoms with E-state index < -0.39 is 0 Å². The summed E-state index contributed by atoms with van der Waals surface area (Å²) in [5, 5.41) is 12.0. The molecule has 0 bridgehead atoms. The predicted octanol–water partition coefficient (Wildman–Crippen LogP) is 6.39. The number of nitrogens with one attached hydrogen (secondary N) is 1. The van der Waals surface area contributed by atoms with Crippen LogP contribution in [-0.2, 0) is 4.74 Å². The molecule has 0 aliphatic carbocycles. The molecule has 168 valence electrons. The molecule has 0 saturated heterocycles. The number of hydrogen-bond donors (Lipinski definition) is 1. The van der Waals surface area contributed by atoms with Crippen molar-refractivity contribution >= 4 is 11.7 Å². The summed E-state index contributed by atoms with van der Waals surface area (Å²) in [6, 6.07) is 25.3. The smallest absolute Gasteiger partial charge is 0.338 e. The van der Waals surface area contributed by atoms with Crippen LogP contribution < -0.4 is 5.32 Å². The number of esters is 1. The van der Waals surface area contributed by atoms with Gasteiger partial charge < -0.3 is 14.5 Å². The van der Waals surface area contributed by atoms with Crippen molar-refractivity contribution in [1.82, 2.24) is 10.2 Å². The Bertz CT molecular complexity index is 1180. The topological polar surface area (TPSA) is 77.2 Å². The summed E-state index contributed by atoms with van der Waals surface area (Å²) >= 11 is 0. The highest BCUT2D eigenvalue weighted by molar-refractivity contribution is 5.89. The number of nitrogens with zero attached hydrogens (tertiary/aromatic N) is 2. The van der Waals surface area contributed by atoms with Crippen LogP contribution in [0, 0.1) is 5.92 Å². The zero-order valence-electron chi connectivity index (χ0n) is 19.0. The predicted molar refractivity (Wildman–Crippen MR) is 129 cm³/mol. The average molecular weight is 442 g/mol. The van der Waals surface area contributed by atoms with E-state index >= 15 is 0 Å². The van der Waals surface area contributed by atoms with Gasteiger partial charge in [-0.15, -0.1) is 10.2 Å². The third-order valence-corrected chi connectivity index (χ3v) is 5.35. The van der Waals surface area contributed by atoms with E-state index in [2.05, 4.69) is 41.5 Å². The second-order valence-electron chi connectivity index (χ2n) is 8.06. The van der Waals surface area contributed by atoms with Crippen molar-refractivity contribution in [2.75, 3.05) is 11.9 Å². The summed E-state index contributed by atoms with van der Waals surface area (Å²) < 4.78 is 10.9. The van der Waals surface area contributed by atoms with E-state index in [0.717, 1.165) is 22.4 Å². The molecule has 0 radical (unpaired) electrons. The lowest BCUT2D eigenvalue weighted by Gasteiger charge is -2.24. The molecule has 1 atom stereocenters. The summed E-state index contributed by atoms with van der Waals surface area (Å²) in [4.78, 5) is 11.9. The second-order valence-corrected chi connectivity index (χ2v) is 8.06. The zero-order valence-corrected chi connectivity index (χ0v) is 19.0. The van der Waals surface area contributed by atoms with E-state index in [4.69, 9.17) is 9.15 Å². The molecule has 0 spiro atoms. The van der Waals surface area contributed by atoms with Crippen LogP contribution >= 0.6 is 0 Å². The first kappa shape index (κ1) is 22.3. The number of anilines is 1. The van der Waals surface area contributed by atoms with Crippen LogP contribution in [0.15, 0.2) is 83.3 Å². The Labute approximate surface area is 193 Å². The minimum absolute atomic E-state index is 0.0926. The Hall–Kier alpha value is -3.93. The number of hydrogen-bond acceptors (Lipinski definition) is 6. The maximum Gasteiger partial charge on any atom is 0.338 e. The van der Waals surface area contributed by atoms with Crippen LogP contribution in [0.1, 0.15) is 42.7 Å². The lowest BCUT2D eigenvalue weighted by Crippen LogP contribution is -2.17. The minimum Gasteiger partial charge on any atom is -0.462 e. The first-order valence-electron chi connectivity index (χ1n) is 11.1. The number of aromatic nitrogens is 2. The van der Waals surface area contributed by atoms with Crippen molar-refractivity contribution in [3.05, 3.63) is 90.0 Å². The summed E-state index contributed by atoms with van der Waals surface area (Å²) in [6.45, 7) is 6.50. The fourth-order valence-corrected chi connectivity index (χ4v) is 3.60. The molecule has 0 fully saturated rings. The molecule has 6 heteroatoms. The molecule has 1 aromatic heterocycles. The Morgan fingerprint density at radius 3 is 2.06 bits per heavy atom. The number of benzene rings is 3. The normalized spacial score (nSPS) is 11.9. The highest BCUT2D eigenvalue weighted by Gasteiger charge is 2.17. The summed E-state index contributed by atoms with van der Waals surface area (Å²) in [5.41, 5.74) is 4.39. The molecule has 1 N–H and O–H groups in total. The van der Waals surface area contributed by atoms with Crippen molar-refractivity contribution in [3.8, 4) is 22.9 Å². The summed E-state index contributed by atoms with van der Waals surface area (Å²) in [6.07, 6.45) is 0. The highest BCUT2D eigenvalue weighted by Crippen LogP contribution is 2.29. The largest absolute Gasteiger partial charge is 0.462 e. The van der Waals surface area contributed by atoms with Crippen molar-refractivity contribution in [3.63, 3.8) is 0 Å². The number of rotatable bonds is 8. The number of carbonyl (C=O) groups is 1. The minimum atomic E-state index is -0.309. The van der Waals surface area contributed by atoms with Gasteiger partial charge in [0.05, 0.1) is 18.2 Å². The molecular formula is C27H27N3O3. The van der Waals surface area contributed by atoms with Crippen molar-refractivity contribution in [2.24, 2.45) is 5.92 Å². The fraction of sp³-hybridized carbons (Fsp3) is 0.222. The van der Waals surface area contributed by atoms with Crippen LogP contribution in [0.2, 0.25) is 0 Å².